The number of aromatic nitrogens is 1. The van der Waals surface area contributed by atoms with Crippen molar-refractivity contribution < 1.29 is 23.8 Å². The second-order valence-corrected chi connectivity index (χ2v) is 10.9. The predicted molar refractivity (Wildman–Crippen MR) is 141 cm³/mol. The van der Waals surface area contributed by atoms with E-state index in [0.29, 0.717) is 35.4 Å². The van der Waals surface area contributed by atoms with Gasteiger partial charge in [0.15, 0.2) is 5.75 Å². The van der Waals surface area contributed by atoms with E-state index in [-0.39, 0.29) is 17.1 Å². The first-order chi connectivity index (χ1) is 17.3. The van der Waals surface area contributed by atoms with Crippen molar-refractivity contribution in [3.63, 3.8) is 0 Å². The summed E-state index contributed by atoms with van der Waals surface area (Å²) < 4.78 is 16.8. The fraction of sp³-hybridized carbons (Fsp3) is 0.519. The van der Waals surface area contributed by atoms with E-state index in [1.807, 2.05) is 6.07 Å². The Labute approximate surface area is 225 Å². The number of halogens is 2. The molecule has 1 heterocycles. The number of carbonyl (C=O) groups is 2. The van der Waals surface area contributed by atoms with E-state index in [1.54, 1.807) is 12.1 Å². The van der Waals surface area contributed by atoms with Crippen molar-refractivity contribution in [2.24, 2.45) is 11.8 Å². The number of fused-ring (bicyclic) bond motifs is 1. The van der Waals surface area contributed by atoms with Gasteiger partial charge < -0.3 is 19.5 Å². The minimum atomic E-state index is -0.496. The lowest BCUT2D eigenvalue weighted by Gasteiger charge is -2.41. The molecule has 0 aliphatic heterocycles. The summed E-state index contributed by atoms with van der Waals surface area (Å²) in [4.78, 5) is 27.3. The average molecular weight is 580 g/mol. The molecule has 0 radical (unpaired) electrons. The number of aryl methyl sites for hydroxylation is 1. The van der Waals surface area contributed by atoms with Crippen LogP contribution in [0.4, 0.5) is 0 Å². The van der Waals surface area contributed by atoms with Gasteiger partial charge in [-0.05, 0) is 102 Å². The van der Waals surface area contributed by atoms with Gasteiger partial charge in [-0.3, -0.25) is 4.79 Å². The van der Waals surface area contributed by atoms with Gasteiger partial charge in [0.1, 0.15) is 10.3 Å². The highest BCUT2D eigenvalue weighted by Gasteiger charge is 2.39. The van der Waals surface area contributed by atoms with Crippen molar-refractivity contribution in [1.82, 2.24) is 10.3 Å². The molecular formula is C27H32BrClN2O5. The largest absolute Gasteiger partial charge is 0.490 e. The Morgan fingerprint density at radius 1 is 1.22 bits per heavy atom. The molecule has 194 valence electrons. The van der Waals surface area contributed by atoms with E-state index in [2.05, 4.69) is 38.4 Å². The molecule has 9 heteroatoms. The quantitative estimate of drug-likeness (QED) is 0.309. The van der Waals surface area contributed by atoms with Crippen LogP contribution in [0.15, 0.2) is 34.9 Å². The lowest BCUT2D eigenvalue weighted by Crippen LogP contribution is -2.48. The minimum Gasteiger partial charge on any atom is -0.490 e. The molecule has 2 aliphatic carbocycles. The van der Waals surface area contributed by atoms with Gasteiger partial charge in [-0.1, -0.05) is 17.7 Å². The van der Waals surface area contributed by atoms with E-state index in [9.17, 15) is 9.59 Å². The molecule has 1 aromatic carbocycles. The van der Waals surface area contributed by atoms with Crippen LogP contribution in [0.5, 0.6) is 5.75 Å². The van der Waals surface area contributed by atoms with Gasteiger partial charge in [0.25, 0.3) is 0 Å². The Bertz CT molecular complexity index is 1110. The molecule has 1 aromatic heterocycles. The summed E-state index contributed by atoms with van der Waals surface area (Å²) in [7, 11) is 1.33. The van der Waals surface area contributed by atoms with Gasteiger partial charge in [0.2, 0.25) is 0 Å². The smallest absolute Gasteiger partial charge is 0.356 e. The van der Waals surface area contributed by atoms with E-state index >= 15 is 0 Å². The number of hydrogen-bond donors (Lipinski definition) is 1. The van der Waals surface area contributed by atoms with Crippen LogP contribution in [0.2, 0.25) is 5.02 Å². The predicted octanol–water partition coefficient (Wildman–Crippen LogP) is 5.12. The number of ether oxygens (including phenoxy) is 3. The fourth-order valence-corrected chi connectivity index (χ4v) is 5.87. The molecule has 1 fully saturated rings. The number of methoxy groups -OCH3 is 1. The maximum atomic E-state index is 11.8. The maximum absolute atomic E-state index is 11.8. The third-order valence-corrected chi connectivity index (χ3v) is 8.20. The zero-order valence-corrected chi connectivity index (χ0v) is 23.0. The molecule has 3 atom stereocenters. The second-order valence-electron chi connectivity index (χ2n) is 9.73. The molecule has 0 spiro atoms. The fourth-order valence-electron chi connectivity index (χ4n) is 5.23. The number of carbonyl (C=O) groups excluding carboxylic acids is 2. The minimum absolute atomic E-state index is 0.217. The Hall–Kier alpha value is -2.16. The topological polar surface area (TPSA) is 86.8 Å². The first-order valence-corrected chi connectivity index (χ1v) is 13.5. The molecule has 4 rings (SSSR count). The molecule has 36 heavy (non-hydrogen) atoms. The van der Waals surface area contributed by atoms with Gasteiger partial charge in [-0.2, -0.15) is 0 Å². The summed E-state index contributed by atoms with van der Waals surface area (Å²) in [5.41, 5.74) is 2.49. The van der Waals surface area contributed by atoms with Crippen LogP contribution >= 0.6 is 27.5 Å². The molecule has 7 nitrogen and oxygen atoms in total. The number of esters is 2. The zero-order valence-electron chi connectivity index (χ0n) is 20.6. The van der Waals surface area contributed by atoms with Crippen LogP contribution in [0.1, 0.15) is 54.2 Å². The van der Waals surface area contributed by atoms with Crippen molar-refractivity contribution in [2.45, 2.75) is 44.4 Å². The molecule has 1 N–H and O–H groups in total. The van der Waals surface area contributed by atoms with Crippen molar-refractivity contribution in [3.05, 3.63) is 56.8 Å². The van der Waals surface area contributed by atoms with Gasteiger partial charge in [-0.25, -0.2) is 9.78 Å². The standard InChI is InChI=1S/C27H32BrClN2O5/c1-17(32)35-14-20-6-5-19(20)13-30-15-27(11-3-4-18-12-21(29)7-8-22(18)27)16-36-24-10-9-23(26(33)34-2)31-25(24)28/h7-10,12,19-20,30H,3-6,11,13-16H2,1-2H3/t19-,20-,27-/m0/s1. The summed E-state index contributed by atoms with van der Waals surface area (Å²) in [6.45, 7) is 4.03. The van der Waals surface area contributed by atoms with Crippen LogP contribution in [0.25, 0.3) is 0 Å². The molecular weight excluding hydrogens is 548 g/mol. The summed E-state index contributed by atoms with van der Waals surface area (Å²) in [5, 5.41) is 4.45. The molecule has 1 saturated carbocycles. The lowest BCUT2D eigenvalue weighted by molar-refractivity contribution is -0.144. The number of nitrogens with one attached hydrogen (secondary N) is 1. The lowest BCUT2D eigenvalue weighted by atomic mass is 9.69. The molecule has 0 saturated heterocycles. The highest BCUT2D eigenvalue weighted by molar-refractivity contribution is 9.10. The Balaban J connectivity index is 1.48. The Morgan fingerprint density at radius 3 is 2.72 bits per heavy atom. The molecule has 0 unspecified atom stereocenters. The van der Waals surface area contributed by atoms with Gasteiger partial charge in [0, 0.05) is 23.9 Å². The zero-order chi connectivity index (χ0) is 25.7. The first-order valence-electron chi connectivity index (χ1n) is 12.3. The summed E-state index contributed by atoms with van der Waals surface area (Å²) in [6.07, 6.45) is 5.24. The van der Waals surface area contributed by atoms with Gasteiger partial charge in [-0.15, -0.1) is 0 Å². The first kappa shape index (κ1) is 26.9. The van der Waals surface area contributed by atoms with Crippen LogP contribution in [-0.4, -0.2) is 50.3 Å². The van der Waals surface area contributed by atoms with Crippen molar-refractivity contribution >= 4 is 39.5 Å². The summed E-state index contributed by atoms with van der Waals surface area (Å²) >= 11 is 9.76. The van der Waals surface area contributed by atoms with E-state index in [4.69, 9.17) is 25.8 Å². The van der Waals surface area contributed by atoms with Crippen molar-refractivity contribution in [1.29, 1.82) is 0 Å². The van der Waals surface area contributed by atoms with Gasteiger partial charge >= 0.3 is 11.9 Å². The molecule has 2 aliphatic rings. The highest BCUT2D eigenvalue weighted by atomic mass is 79.9. The Morgan fingerprint density at radius 2 is 2.03 bits per heavy atom. The Kier molecular flexibility index (Phi) is 8.91. The van der Waals surface area contributed by atoms with Crippen LogP contribution in [0.3, 0.4) is 0 Å². The van der Waals surface area contributed by atoms with E-state index < -0.39 is 5.97 Å². The monoisotopic (exact) mass is 578 g/mol. The van der Waals surface area contributed by atoms with Crippen LogP contribution in [-0.2, 0) is 26.1 Å². The number of nitrogens with zero attached hydrogens (tertiary/aromatic N) is 1. The third kappa shape index (κ3) is 6.21. The SMILES string of the molecule is COC(=O)c1ccc(OC[C@@]2(CNC[C@@H]3CC[C@H]3COC(C)=O)CCCc3cc(Cl)ccc32)c(Br)n1. The summed E-state index contributed by atoms with van der Waals surface area (Å²) in [6, 6.07) is 9.48. The normalized spacial score (nSPS) is 22.8. The molecule has 0 amide bonds. The van der Waals surface area contributed by atoms with Crippen molar-refractivity contribution in [2.75, 3.05) is 33.4 Å². The summed E-state index contributed by atoms with van der Waals surface area (Å²) in [5.74, 6) is 0.774. The van der Waals surface area contributed by atoms with Crippen LogP contribution < -0.4 is 10.1 Å². The number of hydrogen-bond acceptors (Lipinski definition) is 7. The number of rotatable bonds is 10. The number of pyridine rings is 1. The molecule has 2 aromatic rings. The van der Waals surface area contributed by atoms with E-state index in [1.165, 1.54) is 25.2 Å². The number of benzene rings is 1. The third-order valence-electron chi connectivity index (χ3n) is 7.40. The van der Waals surface area contributed by atoms with Crippen LogP contribution in [0, 0.1) is 11.8 Å². The van der Waals surface area contributed by atoms with E-state index in [0.717, 1.165) is 50.2 Å². The maximum Gasteiger partial charge on any atom is 0.356 e. The second kappa shape index (κ2) is 11.9. The highest BCUT2D eigenvalue weighted by Crippen LogP contribution is 2.40. The molecule has 0 bridgehead atoms. The average Bonchev–Trinajstić information content (AvgIpc) is 2.84. The van der Waals surface area contributed by atoms with Crippen molar-refractivity contribution in [3.8, 4) is 5.75 Å². The van der Waals surface area contributed by atoms with Gasteiger partial charge in [0.05, 0.1) is 20.3 Å².